The van der Waals surface area contributed by atoms with Crippen molar-refractivity contribution >= 4 is 15.9 Å². The topological polar surface area (TPSA) is 20.2 Å². The van der Waals surface area contributed by atoms with Crippen molar-refractivity contribution in [3.63, 3.8) is 0 Å². The van der Waals surface area contributed by atoms with Gasteiger partial charge in [-0.15, -0.1) is 0 Å². The lowest BCUT2D eigenvalue weighted by atomic mass is 9.94. The van der Waals surface area contributed by atoms with E-state index in [0.717, 1.165) is 17.3 Å². The predicted molar refractivity (Wildman–Crippen MR) is 63.3 cm³/mol. The molecule has 0 aliphatic carbocycles. The zero-order valence-electron chi connectivity index (χ0n) is 8.70. The molecule has 1 N–H and O–H groups in total. The molecule has 0 aromatic heterocycles. The van der Waals surface area contributed by atoms with Crippen LogP contribution in [0.5, 0.6) is 0 Å². The molecular formula is C12H17BrO. The molecule has 0 amide bonds. The smallest absolute Gasteiger partial charge is 0.0566 e. The number of benzene rings is 1. The quantitative estimate of drug-likeness (QED) is 0.876. The molecule has 1 aromatic rings. The van der Waals surface area contributed by atoms with E-state index in [4.69, 9.17) is 0 Å². The Bertz CT molecular complexity index is 285. The minimum Gasteiger partial charge on any atom is -0.393 e. The number of halogens is 1. The number of aliphatic hydroxyl groups excluding tert-OH is 1. The first-order valence-corrected chi connectivity index (χ1v) is 5.85. The molecule has 2 heteroatoms. The largest absolute Gasteiger partial charge is 0.393 e. The van der Waals surface area contributed by atoms with Gasteiger partial charge < -0.3 is 5.11 Å². The molecule has 14 heavy (non-hydrogen) atoms. The lowest BCUT2D eigenvalue weighted by Gasteiger charge is -2.17. The molecule has 2 unspecified atom stereocenters. The van der Waals surface area contributed by atoms with Gasteiger partial charge in [0.05, 0.1) is 6.10 Å². The Hall–Kier alpha value is -0.340. The van der Waals surface area contributed by atoms with E-state index in [-0.39, 0.29) is 6.10 Å². The Balaban J connectivity index is 2.60. The number of hydrogen-bond acceptors (Lipinski definition) is 1. The first-order valence-electron chi connectivity index (χ1n) is 5.06. The fraction of sp³-hybridized carbons (Fsp3) is 0.500. The van der Waals surface area contributed by atoms with Gasteiger partial charge in [-0.05, 0) is 36.5 Å². The molecule has 0 radical (unpaired) electrons. The van der Waals surface area contributed by atoms with Crippen LogP contribution in [0.1, 0.15) is 25.8 Å². The lowest BCUT2D eigenvalue weighted by molar-refractivity contribution is 0.113. The van der Waals surface area contributed by atoms with Crippen molar-refractivity contribution in [3.8, 4) is 0 Å². The molecule has 0 bridgehead atoms. The summed E-state index contributed by atoms with van der Waals surface area (Å²) < 4.78 is 1.10. The van der Waals surface area contributed by atoms with Crippen molar-refractivity contribution in [2.24, 2.45) is 5.92 Å². The Morgan fingerprint density at radius 2 is 2.14 bits per heavy atom. The van der Waals surface area contributed by atoms with E-state index in [1.165, 1.54) is 5.56 Å². The summed E-state index contributed by atoms with van der Waals surface area (Å²) in [6.07, 6.45) is 1.58. The monoisotopic (exact) mass is 256 g/mol. The van der Waals surface area contributed by atoms with Crippen LogP contribution in [0.4, 0.5) is 0 Å². The minimum absolute atomic E-state index is 0.186. The van der Waals surface area contributed by atoms with Gasteiger partial charge in [-0.1, -0.05) is 41.9 Å². The second-order valence-corrected chi connectivity index (χ2v) is 4.70. The zero-order chi connectivity index (χ0) is 10.6. The maximum absolute atomic E-state index is 9.65. The van der Waals surface area contributed by atoms with Gasteiger partial charge in [-0.2, -0.15) is 0 Å². The first-order chi connectivity index (χ1) is 6.63. The van der Waals surface area contributed by atoms with Crippen molar-refractivity contribution in [1.29, 1.82) is 0 Å². The molecular weight excluding hydrogens is 240 g/mol. The molecule has 0 aliphatic heterocycles. The molecule has 0 spiro atoms. The van der Waals surface area contributed by atoms with Crippen molar-refractivity contribution in [2.45, 2.75) is 32.8 Å². The van der Waals surface area contributed by atoms with Gasteiger partial charge in [0.2, 0.25) is 0 Å². The molecule has 0 fully saturated rings. The van der Waals surface area contributed by atoms with E-state index in [0.29, 0.717) is 5.92 Å². The second-order valence-electron chi connectivity index (χ2n) is 3.79. The second kappa shape index (κ2) is 5.52. The summed E-state index contributed by atoms with van der Waals surface area (Å²) >= 11 is 3.44. The minimum atomic E-state index is -0.186. The zero-order valence-corrected chi connectivity index (χ0v) is 10.3. The Labute approximate surface area is 94.3 Å². The first kappa shape index (κ1) is 11.7. The Kier molecular flexibility index (Phi) is 4.63. The molecule has 2 atom stereocenters. The highest BCUT2D eigenvalue weighted by Crippen LogP contribution is 2.17. The summed E-state index contributed by atoms with van der Waals surface area (Å²) in [7, 11) is 0. The van der Waals surface area contributed by atoms with Crippen LogP contribution in [0.25, 0.3) is 0 Å². The van der Waals surface area contributed by atoms with Crippen LogP contribution in [-0.2, 0) is 6.42 Å². The standard InChI is InChI=1S/C12H17BrO/c1-3-12(14)9(2)7-10-5-4-6-11(13)8-10/h4-6,8-9,12,14H,3,7H2,1-2H3. The van der Waals surface area contributed by atoms with Gasteiger partial charge in [-0.25, -0.2) is 0 Å². The van der Waals surface area contributed by atoms with Crippen LogP contribution >= 0.6 is 15.9 Å². The van der Waals surface area contributed by atoms with E-state index in [2.05, 4.69) is 35.0 Å². The van der Waals surface area contributed by atoms with E-state index in [9.17, 15) is 5.11 Å². The molecule has 0 saturated carbocycles. The molecule has 0 saturated heterocycles. The molecule has 78 valence electrons. The van der Waals surface area contributed by atoms with Crippen LogP contribution in [0.2, 0.25) is 0 Å². The van der Waals surface area contributed by atoms with Gasteiger partial charge in [0.25, 0.3) is 0 Å². The van der Waals surface area contributed by atoms with Gasteiger partial charge in [0, 0.05) is 4.47 Å². The van der Waals surface area contributed by atoms with Gasteiger partial charge in [0.15, 0.2) is 0 Å². The predicted octanol–water partition coefficient (Wildman–Crippen LogP) is 3.40. The maximum atomic E-state index is 9.65. The summed E-state index contributed by atoms with van der Waals surface area (Å²) in [6, 6.07) is 8.26. The molecule has 0 heterocycles. The van der Waals surface area contributed by atoms with E-state index in [1.807, 2.05) is 19.1 Å². The molecule has 1 rings (SSSR count). The average Bonchev–Trinajstić information content (AvgIpc) is 2.16. The average molecular weight is 257 g/mol. The third-order valence-corrected chi connectivity index (χ3v) is 3.02. The van der Waals surface area contributed by atoms with E-state index >= 15 is 0 Å². The Morgan fingerprint density at radius 3 is 2.71 bits per heavy atom. The Morgan fingerprint density at radius 1 is 1.43 bits per heavy atom. The van der Waals surface area contributed by atoms with Gasteiger partial charge >= 0.3 is 0 Å². The maximum Gasteiger partial charge on any atom is 0.0566 e. The molecule has 1 aromatic carbocycles. The highest BCUT2D eigenvalue weighted by Gasteiger charge is 2.12. The molecule has 0 aliphatic rings. The summed E-state index contributed by atoms with van der Waals surface area (Å²) in [4.78, 5) is 0. The summed E-state index contributed by atoms with van der Waals surface area (Å²) in [6.45, 7) is 4.11. The van der Waals surface area contributed by atoms with Crippen LogP contribution in [-0.4, -0.2) is 11.2 Å². The SMILES string of the molecule is CCC(O)C(C)Cc1cccc(Br)c1. The fourth-order valence-electron chi connectivity index (χ4n) is 1.57. The third-order valence-electron chi connectivity index (χ3n) is 2.52. The normalized spacial score (nSPS) is 15.1. The summed E-state index contributed by atoms with van der Waals surface area (Å²) in [5, 5.41) is 9.65. The number of aliphatic hydroxyl groups is 1. The van der Waals surface area contributed by atoms with Gasteiger partial charge in [-0.3, -0.25) is 0 Å². The number of rotatable bonds is 4. The van der Waals surface area contributed by atoms with Crippen LogP contribution in [0.15, 0.2) is 28.7 Å². The summed E-state index contributed by atoms with van der Waals surface area (Å²) in [5.41, 5.74) is 1.28. The van der Waals surface area contributed by atoms with Crippen molar-refractivity contribution in [2.75, 3.05) is 0 Å². The van der Waals surface area contributed by atoms with Gasteiger partial charge in [0.1, 0.15) is 0 Å². The van der Waals surface area contributed by atoms with Crippen molar-refractivity contribution in [3.05, 3.63) is 34.3 Å². The summed E-state index contributed by atoms with van der Waals surface area (Å²) in [5.74, 6) is 0.328. The van der Waals surface area contributed by atoms with Crippen LogP contribution < -0.4 is 0 Å². The van der Waals surface area contributed by atoms with Crippen LogP contribution in [0, 0.1) is 5.92 Å². The lowest BCUT2D eigenvalue weighted by Crippen LogP contribution is -2.18. The molecule has 1 nitrogen and oxygen atoms in total. The third kappa shape index (κ3) is 3.43. The fourth-order valence-corrected chi connectivity index (χ4v) is 2.02. The highest BCUT2D eigenvalue weighted by molar-refractivity contribution is 9.10. The number of hydrogen-bond donors (Lipinski definition) is 1. The van der Waals surface area contributed by atoms with Crippen LogP contribution in [0.3, 0.4) is 0 Å². The van der Waals surface area contributed by atoms with Crippen molar-refractivity contribution < 1.29 is 5.11 Å². The van der Waals surface area contributed by atoms with E-state index < -0.39 is 0 Å². The van der Waals surface area contributed by atoms with Crippen molar-refractivity contribution in [1.82, 2.24) is 0 Å². The highest BCUT2D eigenvalue weighted by atomic mass is 79.9. The van der Waals surface area contributed by atoms with E-state index in [1.54, 1.807) is 0 Å².